The van der Waals surface area contributed by atoms with Crippen LogP contribution in [-0.2, 0) is 23.2 Å². The Bertz CT molecular complexity index is 411. The maximum atomic E-state index is 11.6. The van der Waals surface area contributed by atoms with Crippen molar-refractivity contribution in [1.29, 1.82) is 0 Å². The predicted molar refractivity (Wildman–Crippen MR) is 54.3 cm³/mol. The molecular formula is C9H14N4O3. The van der Waals surface area contributed by atoms with Gasteiger partial charge in [0.2, 0.25) is 5.91 Å². The molecule has 0 unspecified atom stereocenters. The molecule has 7 nitrogen and oxygen atoms in total. The molecule has 0 aliphatic heterocycles. The van der Waals surface area contributed by atoms with Crippen molar-refractivity contribution in [2.24, 2.45) is 12.5 Å². The molecule has 0 aromatic carbocycles. The maximum absolute atomic E-state index is 11.6. The highest BCUT2D eigenvalue weighted by Gasteiger charge is 2.35. The van der Waals surface area contributed by atoms with Gasteiger partial charge in [0, 0.05) is 7.05 Å². The second kappa shape index (κ2) is 4.30. The van der Waals surface area contributed by atoms with Crippen LogP contribution in [0.3, 0.4) is 0 Å². The minimum absolute atomic E-state index is 0.159. The maximum Gasteiger partial charge on any atom is 0.318 e. The van der Waals surface area contributed by atoms with E-state index >= 15 is 0 Å². The highest BCUT2D eigenvalue weighted by atomic mass is 16.4. The highest BCUT2D eigenvalue weighted by molar-refractivity contribution is 6.00. The Morgan fingerprint density at radius 1 is 1.56 bits per heavy atom. The normalized spacial score (nSPS) is 11.2. The minimum atomic E-state index is -1.45. The van der Waals surface area contributed by atoms with Crippen LogP contribution in [0.4, 0.5) is 0 Å². The third-order valence-electron chi connectivity index (χ3n) is 2.31. The van der Waals surface area contributed by atoms with Gasteiger partial charge in [-0.2, -0.15) is 0 Å². The van der Waals surface area contributed by atoms with Gasteiger partial charge in [-0.15, -0.1) is 10.2 Å². The molecule has 0 aliphatic carbocycles. The fourth-order valence-electron chi connectivity index (χ4n) is 0.945. The predicted octanol–water partition coefficient (Wildman–Crippen LogP) is -0.458. The van der Waals surface area contributed by atoms with Crippen molar-refractivity contribution in [2.45, 2.75) is 20.4 Å². The molecule has 1 rings (SSSR count). The first-order valence-corrected chi connectivity index (χ1v) is 4.70. The van der Waals surface area contributed by atoms with Crippen LogP contribution in [-0.4, -0.2) is 31.7 Å². The molecule has 0 aliphatic rings. The molecule has 0 fully saturated rings. The van der Waals surface area contributed by atoms with Gasteiger partial charge in [0.1, 0.15) is 11.7 Å². The number of hydrogen-bond acceptors (Lipinski definition) is 4. The average Bonchev–Trinajstić information content (AvgIpc) is 2.60. The first-order valence-electron chi connectivity index (χ1n) is 4.70. The number of carboxylic acid groups (broad SMARTS) is 1. The molecular weight excluding hydrogens is 212 g/mol. The van der Waals surface area contributed by atoms with E-state index in [9.17, 15) is 9.59 Å². The zero-order valence-electron chi connectivity index (χ0n) is 9.39. The molecule has 16 heavy (non-hydrogen) atoms. The Kier molecular flexibility index (Phi) is 3.26. The summed E-state index contributed by atoms with van der Waals surface area (Å²) in [6.45, 7) is 2.86. The molecule has 1 heterocycles. The van der Waals surface area contributed by atoms with Gasteiger partial charge in [-0.3, -0.25) is 9.59 Å². The number of carboxylic acids is 1. The molecule has 0 atom stereocenters. The lowest BCUT2D eigenvalue weighted by Crippen LogP contribution is -2.42. The van der Waals surface area contributed by atoms with E-state index in [2.05, 4.69) is 15.5 Å². The number of hydrogen-bond donors (Lipinski definition) is 2. The van der Waals surface area contributed by atoms with Gasteiger partial charge in [-0.25, -0.2) is 0 Å². The van der Waals surface area contributed by atoms with E-state index in [0.717, 1.165) is 0 Å². The van der Waals surface area contributed by atoms with Crippen LogP contribution < -0.4 is 5.32 Å². The van der Waals surface area contributed by atoms with Gasteiger partial charge in [0.05, 0.1) is 6.54 Å². The van der Waals surface area contributed by atoms with Crippen molar-refractivity contribution in [3.63, 3.8) is 0 Å². The topological polar surface area (TPSA) is 97.1 Å². The standard InChI is InChI=1S/C9H14N4O3/c1-9(2,8(15)16)7(14)10-4-6-12-11-5-13(6)3/h5H,4H2,1-3H3,(H,10,14)(H,15,16). The molecule has 1 amide bonds. The first-order chi connectivity index (χ1) is 7.35. The van der Waals surface area contributed by atoms with Crippen molar-refractivity contribution in [2.75, 3.05) is 0 Å². The van der Waals surface area contributed by atoms with Crippen LogP contribution in [0, 0.1) is 5.41 Å². The van der Waals surface area contributed by atoms with Gasteiger partial charge in [-0.1, -0.05) is 0 Å². The largest absolute Gasteiger partial charge is 0.480 e. The minimum Gasteiger partial charge on any atom is -0.480 e. The summed E-state index contributed by atoms with van der Waals surface area (Å²) in [7, 11) is 1.74. The summed E-state index contributed by atoms with van der Waals surface area (Å²) in [4.78, 5) is 22.4. The summed E-state index contributed by atoms with van der Waals surface area (Å²) in [6.07, 6.45) is 1.50. The SMILES string of the molecule is Cn1cnnc1CNC(=O)C(C)(C)C(=O)O. The monoisotopic (exact) mass is 226 g/mol. The molecule has 7 heteroatoms. The zero-order chi connectivity index (χ0) is 12.3. The quantitative estimate of drug-likeness (QED) is 0.677. The van der Waals surface area contributed by atoms with E-state index in [0.29, 0.717) is 5.82 Å². The summed E-state index contributed by atoms with van der Waals surface area (Å²) < 4.78 is 1.65. The molecule has 0 bridgehead atoms. The van der Waals surface area contributed by atoms with Gasteiger partial charge >= 0.3 is 5.97 Å². The van der Waals surface area contributed by atoms with Crippen LogP contribution in [0.15, 0.2) is 6.33 Å². The average molecular weight is 226 g/mol. The van der Waals surface area contributed by atoms with Crippen LogP contribution in [0.1, 0.15) is 19.7 Å². The van der Waals surface area contributed by atoms with Crippen LogP contribution in [0.25, 0.3) is 0 Å². The Labute approximate surface area is 92.5 Å². The summed E-state index contributed by atoms with van der Waals surface area (Å²) in [5.74, 6) is -1.15. The smallest absolute Gasteiger partial charge is 0.318 e. The van der Waals surface area contributed by atoms with Crippen molar-refractivity contribution in [1.82, 2.24) is 20.1 Å². The molecule has 1 aromatic rings. The van der Waals surface area contributed by atoms with Crippen molar-refractivity contribution in [3.8, 4) is 0 Å². The van der Waals surface area contributed by atoms with E-state index in [1.807, 2.05) is 0 Å². The number of amides is 1. The Hall–Kier alpha value is -1.92. The number of aromatic nitrogens is 3. The molecule has 88 valence electrons. The van der Waals surface area contributed by atoms with E-state index in [4.69, 9.17) is 5.11 Å². The summed E-state index contributed by atoms with van der Waals surface area (Å²) in [5.41, 5.74) is -1.45. The van der Waals surface area contributed by atoms with Crippen LogP contribution in [0.2, 0.25) is 0 Å². The van der Waals surface area contributed by atoms with E-state index in [-0.39, 0.29) is 6.54 Å². The fourth-order valence-corrected chi connectivity index (χ4v) is 0.945. The second-order valence-corrected chi connectivity index (χ2v) is 3.97. The second-order valence-electron chi connectivity index (χ2n) is 3.97. The lowest BCUT2D eigenvalue weighted by molar-refractivity contribution is -0.153. The summed E-state index contributed by atoms with van der Waals surface area (Å²) >= 11 is 0. The van der Waals surface area contributed by atoms with Gasteiger partial charge in [0.15, 0.2) is 5.82 Å². The molecule has 0 radical (unpaired) electrons. The number of carbonyl (C=O) groups is 2. The number of rotatable bonds is 4. The summed E-state index contributed by atoms with van der Waals surface area (Å²) in [5, 5.41) is 18.7. The molecule has 0 spiro atoms. The first kappa shape index (κ1) is 12.2. The number of nitrogens with one attached hydrogen (secondary N) is 1. The fraction of sp³-hybridized carbons (Fsp3) is 0.556. The lowest BCUT2D eigenvalue weighted by Gasteiger charge is -2.17. The Balaban J connectivity index is 2.60. The van der Waals surface area contributed by atoms with Crippen LogP contribution >= 0.6 is 0 Å². The molecule has 0 saturated carbocycles. The van der Waals surface area contributed by atoms with Gasteiger partial charge in [0.25, 0.3) is 0 Å². The third-order valence-corrected chi connectivity index (χ3v) is 2.31. The van der Waals surface area contributed by atoms with Crippen molar-refractivity contribution < 1.29 is 14.7 Å². The number of aryl methyl sites for hydroxylation is 1. The number of aliphatic carboxylic acids is 1. The highest BCUT2D eigenvalue weighted by Crippen LogP contribution is 2.15. The number of nitrogens with zero attached hydrogens (tertiary/aromatic N) is 3. The van der Waals surface area contributed by atoms with Crippen molar-refractivity contribution in [3.05, 3.63) is 12.2 Å². The molecule has 2 N–H and O–H groups in total. The zero-order valence-corrected chi connectivity index (χ0v) is 9.39. The third kappa shape index (κ3) is 2.36. The van der Waals surface area contributed by atoms with E-state index in [1.165, 1.54) is 20.2 Å². The lowest BCUT2D eigenvalue weighted by atomic mass is 9.93. The summed E-state index contributed by atoms with van der Waals surface area (Å²) in [6, 6.07) is 0. The van der Waals surface area contributed by atoms with Gasteiger partial charge in [-0.05, 0) is 13.8 Å². The van der Waals surface area contributed by atoms with E-state index < -0.39 is 17.3 Å². The molecule has 0 saturated heterocycles. The number of carbonyl (C=O) groups excluding carboxylic acids is 1. The van der Waals surface area contributed by atoms with Gasteiger partial charge < -0.3 is 15.0 Å². The van der Waals surface area contributed by atoms with Crippen LogP contribution in [0.5, 0.6) is 0 Å². The Morgan fingerprint density at radius 3 is 2.62 bits per heavy atom. The molecule has 1 aromatic heterocycles. The Morgan fingerprint density at radius 2 is 2.19 bits per heavy atom. The van der Waals surface area contributed by atoms with Crippen molar-refractivity contribution >= 4 is 11.9 Å². The van der Waals surface area contributed by atoms with E-state index in [1.54, 1.807) is 11.6 Å².